The maximum atomic E-state index is 12.7. The normalized spacial score (nSPS) is 30.3. The molecule has 0 heterocycles. The fourth-order valence-electron chi connectivity index (χ4n) is 4.32. The fraction of sp³-hybridized carbons (Fsp3) is 0.632. The molecule has 2 fully saturated rings. The summed E-state index contributed by atoms with van der Waals surface area (Å²) in [6.45, 7) is 3.15. The summed E-state index contributed by atoms with van der Waals surface area (Å²) in [5.41, 5.74) is 1.04. The Kier molecular flexibility index (Phi) is 5.34. The quantitative estimate of drug-likeness (QED) is 0.786. The van der Waals surface area contributed by atoms with Gasteiger partial charge in [0.1, 0.15) is 6.61 Å². The molecule has 2 bridgehead atoms. The van der Waals surface area contributed by atoms with Crippen LogP contribution >= 0.6 is 0 Å². The van der Waals surface area contributed by atoms with Gasteiger partial charge in [0.05, 0.1) is 12.5 Å². The van der Waals surface area contributed by atoms with Gasteiger partial charge in [-0.25, -0.2) is 0 Å². The molecule has 4 nitrogen and oxygen atoms in total. The van der Waals surface area contributed by atoms with Crippen LogP contribution < -0.4 is 5.32 Å². The molecule has 2 aliphatic rings. The van der Waals surface area contributed by atoms with Crippen LogP contribution in [0.15, 0.2) is 30.3 Å². The minimum atomic E-state index is -0.0387. The predicted molar refractivity (Wildman–Crippen MR) is 88.8 cm³/mol. The van der Waals surface area contributed by atoms with Gasteiger partial charge in [-0.15, -0.1) is 0 Å². The molecule has 0 aromatic heterocycles. The number of rotatable bonds is 7. The van der Waals surface area contributed by atoms with E-state index in [-0.39, 0.29) is 24.0 Å². The standard InChI is InChI=1S/C19H27NO3/c1-13(11-22-2)20-18-16-9-8-15(10-16)17(18)19(21)23-12-14-6-4-3-5-7-14/h3-7,13,15-18,20H,8-12H2,1-2H3/t13-,15-,16-,17-,18-/m0/s1. The number of carbonyl (C=O) groups is 1. The molecule has 2 saturated carbocycles. The number of hydrogen-bond acceptors (Lipinski definition) is 4. The Morgan fingerprint density at radius 2 is 2.00 bits per heavy atom. The highest BCUT2D eigenvalue weighted by molar-refractivity contribution is 5.74. The molecule has 3 rings (SSSR count). The first-order valence-electron chi connectivity index (χ1n) is 8.64. The average Bonchev–Trinajstić information content (AvgIpc) is 3.15. The van der Waals surface area contributed by atoms with Crippen LogP contribution in [0.3, 0.4) is 0 Å². The largest absolute Gasteiger partial charge is 0.461 e. The third-order valence-corrected chi connectivity index (χ3v) is 5.31. The SMILES string of the molecule is COC[C@H](C)N[C@H]1[C@H]2CC[C@@H](C2)[C@@H]1C(=O)OCc1ccccc1. The molecule has 4 heteroatoms. The topological polar surface area (TPSA) is 47.6 Å². The zero-order valence-electron chi connectivity index (χ0n) is 14.0. The highest BCUT2D eigenvalue weighted by Crippen LogP contribution is 2.49. The van der Waals surface area contributed by atoms with Gasteiger partial charge in [0.15, 0.2) is 0 Å². The van der Waals surface area contributed by atoms with E-state index in [0.29, 0.717) is 25.0 Å². The second-order valence-corrected chi connectivity index (χ2v) is 7.00. The third-order valence-electron chi connectivity index (χ3n) is 5.31. The van der Waals surface area contributed by atoms with E-state index >= 15 is 0 Å². The third kappa shape index (κ3) is 3.75. The van der Waals surface area contributed by atoms with Crippen molar-refractivity contribution in [2.24, 2.45) is 17.8 Å². The number of carbonyl (C=O) groups excluding carboxylic acids is 1. The summed E-state index contributed by atoms with van der Waals surface area (Å²) in [6.07, 6.45) is 3.54. The number of fused-ring (bicyclic) bond motifs is 2. The smallest absolute Gasteiger partial charge is 0.311 e. The lowest BCUT2D eigenvalue weighted by Gasteiger charge is -2.32. The molecule has 0 spiro atoms. The van der Waals surface area contributed by atoms with E-state index in [1.54, 1.807) is 7.11 Å². The van der Waals surface area contributed by atoms with Crippen molar-refractivity contribution in [1.29, 1.82) is 0 Å². The summed E-state index contributed by atoms with van der Waals surface area (Å²) >= 11 is 0. The van der Waals surface area contributed by atoms with E-state index in [0.717, 1.165) is 18.4 Å². The van der Waals surface area contributed by atoms with Crippen LogP contribution in [0, 0.1) is 17.8 Å². The first-order chi connectivity index (χ1) is 11.2. The minimum absolute atomic E-state index is 0.00299. The minimum Gasteiger partial charge on any atom is -0.461 e. The summed E-state index contributed by atoms with van der Waals surface area (Å²) in [7, 11) is 1.71. The van der Waals surface area contributed by atoms with E-state index < -0.39 is 0 Å². The summed E-state index contributed by atoms with van der Waals surface area (Å²) in [4.78, 5) is 12.7. The number of methoxy groups -OCH3 is 1. The molecular weight excluding hydrogens is 290 g/mol. The monoisotopic (exact) mass is 317 g/mol. The molecule has 5 atom stereocenters. The van der Waals surface area contributed by atoms with Crippen molar-refractivity contribution in [2.45, 2.75) is 44.9 Å². The number of nitrogens with one attached hydrogen (secondary N) is 1. The van der Waals surface area contributed by atoms with Crippen LogP contribution in [0.25, 0.3) is 0 Å². The number of benzene rings is 1. The van der Waals surface area contributed by atoms with Gasteiger partial charge in [-0.05, 0) is 43.6 Å². The van der Waals surface area contributed by atoms with E-state index in [4.69, 9.17) is 9.47 Å². The van der Waals surface area contributed by atoms with Crippen LogP contribution in [-0.4, -0.2) is 31.8 Å². The lowest BCUT2D eigenvalue weighted by Crippen LogP contribution is -2.49. The van der Waals surface area contributed by atoms with E-state index in [2.05, 4.69) is 12.2 Å². The molecule has 1 N–H and O–H groups in total. The molecule has 0 amide bonds. The van der Waals surface area contributed by atoms with Gasteiger partial charge in [-0.2, -0.15) is 0 Å². The molecule has 0 radical (unpaired) electrons. The van der Waals surface area contributed by atoms with E-state index in [9.17, 15) is 4.79 Å². The van der Waals surface area contributed by atoms with Crippen molar-refractivity contribution in [2.75, 3.05) is 13.7 Å². The number of hydrogen-bond donors (Lipinski definition) is 1. The molecule has 2 aliphatic carbocycles. The molecule has 1 aromatic carbocycles. The summed E-state index contributed by atoms with van der Waals surface area (Å²) < 4.78 is 10.8. The van der Waals surface area contributed by atoms with Gasteiger partial charge in [-0.3, -0.25) is 4.79 Å². The van der Waals surface area contributed by atoms with Crippen LogP contribution in [0.2, 0.25) is 0 Å². The molecular formula is C19H27NO3. The van der Waals surface area contributed by atoms with Gasteiger partial charge in [-0.1, -0.05) is 30.3 Å². The predicted octanol–water partition coefficient (Wildman–Crippen LogP) is 2.77. The maximum Gasteiger partial charge on any atom is 0.311 e. The Balaban J connectivity index is 1.60. The zero-order valence-corrected chi connectivity index (χ0v) is 14.0. The molecule has 23 heavy (non-hydrogen) atoms. The Morgan fingerprint density at radius 1 is 1.26 bits per heavy atom. The van der Waals surface area contributed by atoms with Gasteiger partial charge in [0.25, 0.3) is 0 Å². The lowest BCUT2D eigenvalue weighted by molar-refractivity contribution is -0.152. The summed E-state index contributed by atoms with van der Waals surface area (Å²) in [5, 5.41) is 3.61. The Bertz CT molecular complexity index is 519. The second kappa shape index (κ2) is 7.45. The van der Waals surface area contributed by atoms with Crippen molar-refractivity contribution in [1.82, 2.24) is 5.32 Å². The van der Waals surface area contributed by atoms with Crippen molar-refractivity contribution in [3.8, 4) is 0 Å². The number of ether oxygens (including phenoxy) is 2. The molecule has 0 unspecified atom stereocenters. The fourth-order valence-corrected chi connectivity index (χ4v) is 4.32. The molecule has 1 aromatic rings. The Hall–Kier alpha value is -1.39. The summed E-state index contributed by atoms with van der Waals surface area (Å²) in [6, 6.07) is 10.4. The first-order valence-corrected chi connectivity index (χ1v) is 8.64. The molecule has 0 aliphatic heterocycles. The van der Waals surface area contributed by atoms with Crippen molar-refractivity contribution < 1.29 is 14.3 Å². The zero-order chi connectivity index (χ0) is 16.2. The van der Waals surface area contributed by atoms with Crippen LogP contribution in [0.5, 0.6) is 0 Å². The highest BCUT2D eigenvalue weighted by Gasteiger charge is 2.51. The first kappa shape index (κ1) is 16.5. The average molecular weight is 317 g/mol. The van der Waals surface area contributed by atoms with Gasteiger partial charge in [0, 0.05) is 19.2 Å². The Morgan fingerprint density at radius 3 is 2.74 bits per heavy atom. The van der Waals surface area contributed by atoms with Crippen molar-refractivity contribution in [3.63, 3.8) is 0 Å². The van der Waals surface area contributed by atoms with E-state index in [1.165, 1.54) is 6.42 Å². The number of esters is 1. The Labute approximate surface area is 138 Å². The van der Waals surface area contributed by atoms with Crippen LogP contribution in [0.4, 0.5) is 0 Å². The van der Waals surface area contributed by atoms with Crippen molar-refractivity contribution in [3.05, 3.63) is 35.9 Å². The van der Waals surface area contributed by atoms with Gasteiger partial charge in [0.2, 0.25) is 0 Å². The van der Waals surface area contributed by atoms with Crippen LogP contribution in [0.1, 0.15) is 31.7 Å². The maximum absolute atomic E-state index is 12.7. The van der Waals surface area contributed by atoms with Gasteiger partial charge >= 0.3 is 5.97 Å². The van der Waals surface area contributed by atoms with Gasteiger partial charge < -0.3 is 14.8 Å². The molecule has 0 saturated heterocycles. The van der Waals surface area contributed by atoms with Crippen molar-refractivity contribution >= 4 is 5.97 Å². The molecule has 126 valence electrons. The van der Waals surface area contributed by atoms with E-state index in [1.807, 2.05) is 30.3 Å². The van der Waals surface area contributed by atoms with Crippen LogP contribution in [-0.2, 0) is 20.9 Å². The highest BCUT2D eigenvalue weighted by atomic mass is 16.5. The lowest BCUT2D eigenvalue weighted by atomic mass is 9.84. The second-order valence-electron chi connectivity index (χ2n) is 7.00. The summed E-state index contributed by atoms with van der Waals surface area (Å²) in [5.74, 6) is 1.05.